The van der Waals surface area contributed by atoms with Gasteiger partial charge in [-0.3, -0.25) is 0 Å². The van der Waals surface area contributed by atoms with E-state index in [-0.39, 0.29) is 0 Å². The Hall–Kier alpha value is -0.590. The highest BCUT2D eigenvalue weighted by Gasteiger charge is 2.39. The predicted octanol–water partition coefficient (Wildman–Crippen LogP) is 2.91. The molecule has 0 bridgehead atoms. The van der Waals surface area contributed by atoms with Crippen molar-refractivity contribution in [2.24, 2.45) is 17.6 Å². The molecule has 3 heteroatoms. The molecule has 0 aromatic heterocycles. The van der Waals surface area contributed by atoms with Gasteiger partial charge in [0, 0.05) is 6.04 Å². The van der Waals surface area contributed by atoms with Gasteiger partial charge in [0.1, 0.15) is 5.54 Å². The van der Waals surface area contributed by atoms with Crippen molar-refractivity contribution in [2.75, 3.05) is 13.6 Å². The maximum Gasteiger partial charge on any atom is 0.107 e. The zero-order valence-corrected chi connectivity index (χ0v) is 12.6. The molecule has 0 radical (unpaired) electrons. The van der Waals surface area contributed by atoms with Crippen LogP contribution >= 0.6 is 0 Å². The van der Waals surface area contributed by atoms with Crippen molar-refractivity contribution in [3.63, 3.8) is 0 Å². The van der Waals surface area contributed by atoms with E-state index < -0.39 is 5.54 Å². The van der Waals surface area contributed by atoms with E-state index in [4.69, 9.17) is 5.73 Å². The maximum absolute atomic E-state index is 9.26. The summed E-state index contributed by atoms with van der Waals surface area (Å²) in [6, 6.07) is 3.11. The third-order valence-electron chi connectivity index (χ3n) is 5.44. The fourth-order valence-corrected chi connectivity index (χ4v) is 4.00. The van der Waals surface area contributed by atoms with Gasteiger partial charge >= 0.3 is 0 Å². The Bertz CT molecular complexity index is 335. The minimum atomic E-state index is -0.541. The van der Waals surface area contributed by atoms with Gasteiger partial charge in [-0.15, -0.1) is 0 Å². The molecule has 0 saturated heterocycles. The van der Waals surface area contributed by atoms with Crippen molar-refractivity contribution in [3.8, 4) is 6.07 Å². The van der Waals surface area contributed by atoms with Gasteiger partial charge in [0.25, 0.3) is 0 Å². The van der Waals surface area contributed by atoms with Gasteiger partial charge in [0.05, 0.1) is 6.07 Å². The zero-order chi connectivity index (χ0) is 13.9. The van der Waals surface area contributed by atoms with Crippen molar-refractivity contribution >= 4 is 0 Å². The average Bonchev–Trinajstić information content (AvgIpc) is 2.78. The summed E-state index contributed by atoms with van der Waals surface area (Å²) < 4.78 is 0. The largest absolute Gasteiger partial charge is 0.313 e. The van der Waals surface area contributed by atoms with Crippen LogP contribution in [-0.2, 0) is 0 Å². The predicted molar refractivity (Wildman–Crippen MR) is 78.5 cm³/mol. The summed E-state index contributed by atoms with van der Waals surface area (Å²) in [5.41, 5.74) is 5.67. The van der Waals surface area contributed by atoms with Crippen LogP contribution in [0.4, 0.5) is 0 Å². The van der Waals surface area contributed by atoms with Crippen LogP contribution in [0.25, 0.3) is 0 Å². The lowest BCUT2D eigenvalue weighted by Crippen LogP contribution is -2.44. The van der Waals surface area contributed by atoms with Gasteiger partial charge in [-0.05, 0) is 57.5 Å². The van der Waals surface area contributed by atoms with Crippen LogP contribution in [0.5, 0.6) is 0 Å². The average molecular weight is 263 g/mol. The first-order chi connectivity index (χ1) is 9.05. The van der Waals surface area contributed by atoms with Gasteiger partial charge < -0.3 is 10.6 Å². The fourth-order valence-electron chi connectivity index (χ4n) is 4.00. The van der Waals surface area contributed by atoms with Crippen molar-refractivity contribution < 1.29 is 0 Å². The van der Waals surface area contributed by atoms with E-state index in [1.165, 1.54) is 25.7 Å². The van der Waals surface area contributed by atoms with Crippen molar-refractivity contribution in [1.29, 1.82) is 5.26 Å². The molecule has 3 nitrogen and oxygen atoms in total. The number of hydrogen-bond donors (Lipinski definition) is 1. The summed E-state index contributed by atoms with van der Waals surface area (Å²) in [7, 11) is 2.25. The molecule has 2 aliphatic carbocycles. The number of hydrogen-bond acceptors (Lipinski definition) is 3. The number of nitrogens with zero attached hydrogens (tertiary/aromatic N) is 2. The van der Waals surface area contributed by atoms with Gasteiger partial charge in [-0.2, -0.15) is 5.26 Å². The zero-order valence-electron chi connectivity index (χ0n) is 12.6. The number of rotatable bonds is 4. The van der Waals surface area contributed by atoms with Gasteiger partial charge in [0.15, 0.2) is 0 Å². The van der Waals surface area contributed by atoms with E-state index in [0.717, 1.165) is 44.2 Å². The van der Waals surface area contributed by atoms with E-state index >= 15 is 0 Å². The molecule has 0 amide bonds. The SMILES string of the molecule is CC1CCCC(N(C)CCC2CCCC2(N)C#N)C1. The lowest BCUT2D eigenvalue weighted by Gasteiger charge is -2.35. The number of nitriles is 1. The molecule has 108 valence electrons. The lowest BCUT2D eigenvalue weighted by molar-refractivity contribution is 0.152. The van der Waals surface area contributed by atoms with Crippen LogP contribution in [0.1, 0.15) is 58.3 Å². The quantitative estimate of drug-likeness (QED) is 0.848. The molecular formula is C16H29N3. The van der Waals surface area contributed by atoms with E-state index in [1.807, 2.05) is 0 Å². The second kappa shape index (κ2) is 6.24. The molecule has 2 saturated carbocycles. The molecule has 0 heterocycles. The first-order valence-electron chi connectivity index (χ1n) is 7.95. The fraction of sp³-hybridized carbons (Fsp3) is 0.938. The summed E-state index contributed by atoms with van der Waals surface area (Å²) in [6.45, 7) is 3.47. The topological polar surface area (TPSA) is 53.0 Å². The van der Waals surface area contributed by atoms with Crippen molar-refractivity contribution in [2.45, 2.75) is 69.9 Å². The van der Waals surface area contributed by atoms with Crippen LogP contribution in [-0.4, -0.2) is 30.1 Å². The molecule has 4 atom stereocenters. The monoisotopic (exact) mass is 263 g/mol. The smallest absolute Gasteiger partial charge is 0.107 e. The maximum atomic E-state index is 9.26. The summed E-state index contributed by atoms with van der Waals surface area (Å²) >= 11 is 0. The van der Waals surface area contributed by atoms with E-state index in [0.29, 0.717) is 5.92 Å². The summed E-state index contributed by atoms with van der Waals surface area (Å²) in [5, 5.41) is 9.26. The molecule has 19 heavy (non-hydrogen) atoms. The highest BCUT2D eigenvalue weighted by Crippen LogP contribution is 2.36. The first-order valence-corrected chi connectivity index (χ1v) is 7.95. The van der Waals surface area contributed by atoms with E-state index in [9.17, 15) is 5.26 Å². The van der Waals surface area contributed by atoms with E-state index in [1.54, 1.807) is 0 Å². The molecule has 2 aliphatic rings. The van der Waals surface area contributed by atoms with Crippen LogP contribution in [0.3, 0.4) is 0 Å². The summed E-state index contributed by atoms with van der Waals surface area (Å²) in [5.74, 6) is 1.28. The Morgan fingerprint density at radius 2 is 2.11 bits per heavy atom. The van der Waals surface area contributed by atoms with Gasteiger partial charge in [-0.25, -0.2) is 0 Å². The minimum absolute atomic E-state index is 0.404. The van der Waals surface area contributed by atoms with Crippen LogP contribution < -0.4 is 5.73 Å². The van der Waals surface area contributed by atoms with Gasteiger partial charge in [-0.1, -0.05) is 26.2 Å². The van der Waals surface area contributed by atoms with Crippen LogP contribution in [0.15, 0.2) is 0 Å². The second-order valence-corrected chi connectivity index (χ2v) is 6.94. The Morgan fingerprint density at radius 3 is 2.79 bits per heavy atom. The van der Waals surface area contributed by atoms with Crippen molar-refractivity contribution in [3.05, 3.63) is 0 Å². The third kappa shape index (κ3) is 3.49. The Balaban J connectivity index is 1.80. The summed E-state index contributed by atoms with van der Waals surface area (Å²) in [4.78, 5) is 2.52. The molecule has 2 rings (SSSR count). The molecule has 0 aromatic carbocycles. The lowest BCUT2D eigenvalue weighted by atomic mass is 9.85. The molecular weight excluding hydrogens is 234 g/mol. The molecule has 0 aromatic rings. The highest BCUT2D eigenvalue weighted by atomic mass is 15.1. The Morgan fingerprint density at radius 1 is 1.32 bits per heavy atom. The minimum Gasteiger partial charge on any atom is -0.313 e. The van der Waals surface area contributed by atoms with Crippen LogP contribution in [0.2, 0.25) is 0 Å². The van der Waals surface area contributed by atoms with Crippen molar-refractivity contribution in [1.82, 2.24) is 4.90 Å². The Kier molecular flexibility index (Phi) is 4.86. The summed E-state index contributed by atoms with van der Waals surface area (Å²) in [6.07, 6.45) is 9.69. The second-order valence-electron chi connectivity index (χ2n) is 6.94. The molecule has 0 aliphatic heterocycles. The molecule has 0 spiro atoms. The highest BCUT2D eigenvalue weighted by molar-refractivity contribution is 5.11. The normalized spacial score (nSPS) is 39.4. The third-order valence-corrected chi connectivity index (χ3v) is 5.44. The first kappa shape index (κ1) is 14.8. The van der Waals surface area contributed by atoms with Gasteiger partial charge in [0.2, 0.25) is 0 Å². The molecule has 2 N–H and O–H groups in total. The molecule has 2 fully saturated rings. The van der Waals surface area contributed by atoms with Crippen LogP contribution in [0, 0.1) is 23.2 Å². The Labute approximate surface area is 118 Å². The standard InChI is InChI=1S/C16H29N3/c1-13-5-3-7-15(11-13)19(2)10-8-14-6-4-9-16(14,18)12-17/h13-15H,3-11,18H2,1-2H3. The van der Waals surface area contributed by atoms with E-state index in [2.05, 4.69) is 24.9 Å². The number of nitrogens with two attached hydrogens (primary N) is 1. The molecule has 4 unspecified atom stereocenters.